The van der Waals surface area contributed by atoms with Gasteiger partial charge in [0.05, 0.1) is 24.7 Å². The van der Waals surface area contributed by atoms with Gasteiger partial charge in [-0.25, -0.2) is 9.59 Å². The van der Waals surface area contributed by atoms with Crippen LogP contribution in [0.5, 0.6) is 5.75 Å². The molecule has 17 heteroatoms. The average molecular weight is 601 g/mol. The van der Waals surface area contributed by atoms with Gasteiger partial charge in [-0.2, -0.15) is 0 Å². The fourth-order valence-electron chi connectivity index (χ4n) is 3.37. The lowest BCUT2D eigenvalue weighted by Gasteiger charge is -2.19. The van der Waals surface area contributed by atoms with Gasteiger partial charge in [0, 0.05) is 6.42 Å². The third kappa shape index (κ3) is 13.0. The zero-order chi connectivity index (χ0) is 32.6. The molecule has 1 aromatic carbocycles. The van der Waals surface area contributed by atoms with Crippen LogP contribution < -0.4 is 5.32 Å². The Bertz CT molecular complexity index is 1090. The number of nitrogens with one attached hydrogen (secondary N) is 1. The predicted octanol–water partition coefficient (Wildman–Crippen LogP) is -0.313. The molecule has 1 amide bonds. The van der Waals surface area contributed by atoms with Crippen LogP contribution in [0.25, 0.3) is 0 Å². The first-order chi connectivity index (χ1) is 19.5. The molecule has 16 nitrogen and oxygen atoms in total. The molecule has 0 heterocycles. The summed E-state index contributed by atoms with van der Waals surface area (Å²) in [5.74, 6) is -8.54. The molecule has 0 spiro atoms. The average Bonchev–Trinajstić information content (AvgIpc) is 2.89. The third-order valence-corrected chi connectivity index (χ3v) is 5.80. The van der Waals surface area contributed by atoms with Gasteiger partial charge >= 0.3 is 37.0 Å². The van der Waals surface area contributed by atoms with Crippen LogP contribution in [-0.4, -0.2) is 96.8 Å². The van der Waals surface area contributed by atoms with Gasteiger partial charge in [0.15, 0.2) is 5.60 Å². The Kier molecular flexibility index (Phi) is 16.4. The van der Waals surface area contributed by atoms with E-state index >= 15 is 0 Å². The van der Waals surface area contributed by atoms with Crippen molar-refractivity contribution in [1.29, 1.82) is 0 Å². The van der Waals surface area contributed by atoms with Crippen molar-refractivity contribution >= 4 is 42.9 Å². The second-order valence-electron chi connectivity index (χ2n) is 8.96. The Morgan fingerprint density at radius 1 is 0.929 bits per heavy atom. The maximum absolute atomic E-state index is 12.2. The molecule has 0 fully saturated rings. The van der Waals surface area contributed by atoms with Gasteiger partial charge in [-0.1, -0.05) is 32.9 Å². The molecule has 1 aromatic rings. The van der Waals surface area contributed by atoms with Crippen LogP contribution in [-0.2, 0) is 39.9 Å². The Morgan fingerprint density at radius 3 is 1.90 bits per heavy atom. The highest BCUT2D eigenvalue weighted by atomic mass is 16.7. The van der Waals surface area contributed by atoms with Gasteiger partial charge in [0.1, 0.15) is 11.3 Å². The summed E-state index contributed by atoms with van der Waals surface area (Å²) in [5, 5.41) is 65.5. The Labute approximate surface area is 241 Å². The summed E-state index contributed by atoms with van der Waals surface area (Å²) in [5.41, 5.74) is -2.70. The second-order valence-corrected chi connectivity index (χ2v) is 8.96. The van der Waals surface area contributed by atoms with Crippen molar-refractivity contribution in [2.45, 2.75) is 70.8 Å². The molecule has 234 valence electrons. The summed E-state index contributed by atoms with van der Waals surface area (Å²) < 4.78 is 9.82. The first kappa shape index (κ1) is 37.8. The van der Waals surface area contributed by atoms with Crippen LogP contribution in [0, 0.1) is 5.92 Å². The topological polar surface area (TPSA) is 275 Å². The van der Waals surface area contributed by atoms with E-state index < -0.39 is 79.8 Å². The van der Waals surface area contributed by atoms with Crippen LogP contribution in [0.4, 0.5) is 0 Å². The number of amides is 1. The summed E-state index contributed by atoms with van der Waals surface area (Å²) in [7, 11) is -1.86. The van der Waals surface area contributed by atoms with Crippen molar-refractivity contribution < 1.29 is 73.8 Å². The molecule has 0 aliphatic heterocycles. The number of carboxylic acids is 3. The molecule has 0 saturated heterocycles. The van der Waals surface area contributed by atoms with Crippen molar-refractivity contribution in [2.75, 3.05) is 6.79 Å². The van der Waals surface area contributed by atoms with Crippen LogP contribution in [0.2, 0.25) is 0 Å². The van der Waals surface area contributed by atoms with E-state index in [1.165, 1.54) is 18.2 Å². The molecule has 0 saturated carbocycles. The third-order valence-electron chi connectivity index (χ3n) is 5.80. The van der Waals surface area contributed by atoms with Crippen LogP contribution in [0.15, 0.2) is 18.2 Å². The second kappa shape index (κ2) is 18.3. The van der Waals surface area contributed by atoms with Gasteiger partial charge in [0.2, 0.25) is 12.7 Å². The molecule has 8 N–H and O–H groups in total. The van der Waals surface area contributed by atoms with Crippen molar-refractivity contribution in [3.8, 4) is 5.75 Å². The predicted molar refractivity (Wildman–Crippen MR) is 142 cm³/mol. The lowest BCUT2D eigenvalue weighted by molar-refractivity contribution is -0.170. The number of benzene rings is 1. The summed E-state index contributed by atoms with van der Waals surface area (Å²) in [6, 6.07) is 4.27. The monoisotopic (exact) mass is 601 g/mol. The summed E-state index contributed by atoms with van der Waals surface area (Å²) >= 11 is 0. The van der Waals surface area contributed by atoms with E-state index in [0.29, 0.717) is 12.8 Å². The fourth-order valence-corrected chi connectivity index (χ4v) is 3.37. The van der Waals surface area contributed by atoms with Crippen LogP contribution in [0.3, 0.4) is 0 Å². The quantitative estimate of drug-likeness (QED) is 0.0685. The van der Waals surface area contributed by atoms with Crippen molar-refractivity contribution in [2.24, 2.45) is 5.92 Å². The SMILES string of the molecule is CCC(=O)N[C@@H](Cc1cccc(C(=O)OCOC(=O)C(CC)CC)c1O)B(O)O.O=C(O)CC(O)(CC(=O)O)C(=O)O. The first-order valence-corrected chi connectivity index (χ1v) is 12.7. The maximum Gasteiger partial charge on any atom is 0.475 e. The number of ether oxygens (including phenoxy) is 2. The van der Waals surface area contributed by atoms with Gasteiger partial charge in [-0.15, -0.1) is 0 Å². The highest BCUT2D eigenvalue weighted by molar-refractivity contribution is 6.43. The number of aliphatic hydroxyl groups is 1. The van der Waals surface area contributed by atoms with Gasteiger partial charge in [-0.3, -0.25) is 19.2 Å². The van der Waals surface area contributed by atoms with Gasteiger partial charge in [0.25, 0.3) is 0 Å². The number of aromatic hydroxyl groups is 1. The number of aliphatic carboxylic acids is 3. The van der Waals surface area contributed by atoms with E-state index in [9.17, 15) is 43.9 Å². The lowest BCUT2D eigenvalue weighted by Crippen LogP contribution is -2.47. The number of rotatable bonds is 16. The standard InChI is InChI=1S/C19H28BNO8.C6H8O7/c1-4-12(5-2)18(24)28-11-29-19(25)14-9-7-8-13(17(14)23)10-15(20(26)27)21-16(22)6-3;7-3(8)1-6(13,5(11)12)2-4(9)10/h7-9,12,15,23,26-27H,4-6,10-11H2,1-3H3,(H,21,22);13H,1-2H2,(H,7,8)(H,9,10)(H,11,12)/t15-;/m0./s1. The Morgan fingerprint density at radius 2 is 1.48 bits per heavy atom. The molecule has 0 aliphatic carbocycles. The number of esters is 2. The number of carbonyl (C=O) groups excluding carboxylic acids is 3. The summed E-state index contributed by atoms with van der Waals surface area (Å²) in [4.78, 5) is 66.0. The molecule has 0 aliphatic rings. The molecular formula is C25H36BNO15. The molecule has 0 aromatic heterocycles. The largest absolute Gasteiger partial charge is 0.507 e. The minimum absolute atomic E-state index is 0.125. The Hall–Kier alpha value is -4.22. The lowest BCUT2D eigenvalue weighted by atomic mass is 9.75. The summed E-state index contributed by atoms with van der Waals surface area (Å²) in [6.45, 7) is 4.73. The van der Waals surface area contributed by atoms with Crippen LogP contribution in [0.1, 0.15) is 68.8 Å². The van der Waals surface area contributed by atoms with E-state index in [2.05, 4.69) is 5.32 Å². The number of hydrogen-bond donors (Lipinski definition) is 8. The zero-order valence-corrected chi connectivity index (χ0v) is 23.3. The highest BCUT2D eigenvalue weighted by Crippen LogP contribution is 2.25. The van der Waals surface area contributed by atoms with Gasteiger partial charge < -0.3 is 50.4 Å². The minimum Gasteiger partial charge on any atom is -0.507 e. The van der Waals surface area contributed by atoms with E-state index in [0.717, 1.165) is 0 Å². The van der Waals surface area contributed by atoms with Gasteiger partial charge in [-0.05, 0) is 30.9 Å². The fraction of sp³-hybridized carbons (Fsp3) is 0.520. The Balaban J connectivity index is 0.00000108. The normalized spacial score (nSPS) is 11.4. The molecule has 0 radical (unpaired) electrons. The van der Waals surface area contributed by atoms with E-state index in [1.54, 1.807) is 6.92 Å². The number of para-hydroxylation sites is 1. The molecule has 1 atom stereocenters. The van der Waals surface area contributed by atoms with Crippen molar-refractivity contribution in [1.82, 2.24) is 5.32 Å². The van der Waals surface area contributed by atoms with Crippen molar-refractivity contribution in [3.63, 3.8) is 0 Å². The molecular weight excluding hydrogens is 565 g/mol. The van der Waals surface area contributed by atoms with E-state index in [1.807, 2.05) is 13.8 Å². The number of hydrogen-bond acceptors (Lipinski definition) is 12. The number of phenols is 1. The maximum atomic E-state index is 12.2. The minimum atomic E-state index is -2.74. The number of carbonyl (C=O) groups is 6. The molecule has 0 unspecified atom stereocenters. The molecule has 0 bridgehead atoms. The summed E-state index contributed by atoms with van der Waals surface area (Å²) in [6.07, 6.45) is -1.04. The van der Waals surface area contributed by atoms with Crippen LogP contribution >= 0.6 is 0 Å². The number of carboxylic acid groups (broad SMARTS) is 3. The number of phenolic OH excluding ortho intramolecular Hbond substituents is 1. The molecule has 1 rings (SSSR count). The zero-order valence-electron chi connectivity index (χ0n) is 23.3. The highest BCUT2D eigenvalue weighted by Gasteiger charge is 2.40. The van der Waals surface area contributed by atoms with E-state index in [-0.39, 0.29) is 29.9 Å². The smallest absolute Gasteiger partial charge is 0.475 e. The van der Waals surface area contributed by atoms with E-state index in [4.69, 9.17) is 29.9 Å². The first-order valence-electron chi connectivity index (χ1n) is 12.7. The van der Waals surface area contributed by atoms with Crippen molar-refractivity contribution in [3.05, 3.63) is 29.3 Å². The molecule has 42 heavy (non-hydrogen) atoms.